The highest BCUT2D eigenvalue weighted by molar-refractivity contribution is 9.11. The Balaban J connectivity index is 3.06. The van der Waals surface area contributed by atoms with Crippen LogP contribution in [-0.4, -0.2) is 16.3 Å². The molecule has 0 amide bonds. The van der Waals surface area contributed by atoms with Crippen molar-refractivity contribution in [2.75, 3.05) is 4.66 Å². The lowest BCUT2D eigenvalue weighted by Crippen LogP contribution is -1.89. The number of alkyl halides is 1. The Bertz CT molecular complexity index is 435. The predicted molar refractivity (Wildman–Crippen MR) is 72.0 cm³/mol. The van der Waals surface area contributed by atoms with Gasteiger partial charge in [0, 0.05) is 17.7 Å². The summed E-state index contributed by atoms with van der Waals surface area (Å²) in [4.78, 5) is 14.0. The second-order valence-corrected chi connectivity index (χ2v) is 4.91. The molecule has 1 aromatic carbocycles. The molecule has 4 nitrogen and oxygen atoms in total. The molecule has 0 fully saturated rings. The first-order valence-corrected chi connectivity index (χ1v) is 6.45. The summed E-state index contributed by atoms with van der Waals surface area (Å²) < 4.78 is 0.737. The van der Waals surface area contributed by atoms with Gasteiger partial charge < -0.3 is 0 Å². The van der Waals surface area contributed by atoms with Crippen LogP contribution < -0.4 is 0 Å². The molecule has 0 bridgehead atoms. The summed E-state index contributed by atoms with van der Waals surface area (Å²) in [7, 11) is 0. The Morgan fingerprint density at radius 3 is 3.00 bits per heavy atom. The highest BCUT2D eigenvalue weighted by atomic mass is 79.9. The standard InChI is InChI=1S/C10H9BrN2O2S/c1-12-10(6-16-7-11)8-3-2-4-9(5-8)13(14)15/h2-6H,1,7H2/b10-6-. The lowest BCUT2D eigenvalue weighted by Gasteiger charge is -2.00. The number of halogens is 1. The van der Waals surface area contributed by atoms with Gasteiger partial charge in [0.1, 0.15) is 0 Å². The zero-order valence-electron chi connectivity index (χ0n) is 8.30. The quantitative estimate of drug-likeness (QED) is 0.361. The van der Waals surface area contributed by atoms with Crippen LogP contribution in [0.5, 0.6) is 0 Å². The Morgan fingerprint density at radius 1 is 1.69 bits per heavy atom. The lowest BCUT2D eigenvalue weighted by molar-refractivity contribution is -0.384. The van der Waals surface area contributed by atoms with E-state index in [0.717, 1.165) is 4.66 Å². The molecule has 0 saturated carbocycles. The van der Waals surface area contributed by atoms with Crippen LogP contribution in [-0.2, 0) is 0 Å². The molecule has 1 aromatic rings. The van der Waals surface area contributed by atoms with Crippen molar-refractivity contribution in [1.82, 2.24) is 0 Å². The number of aliphatic imine (C=N–C) groups is 1. The second-order valence-electron chi connectivity index (χ2n) is 2.74. The molecule has 0 saturated heterocycles. The Hall–Kier alpha value is -1.14. The van der Waals surface area contributed by atoms with Crippen molar-refractivity contribution in [3.63, 3.8) is 0 Å². The van der Waals surface area contributed by atoms with E-state index in [9.17, 15) is 10.1 Å². The van der Waals surface area contributed by atoms with Crippen molar-refractivity contribution < 1.29 is 4.92 Å². The van der Waals surface area contributed by atoms with Crippen LogP contribution in [0.1, 0.15) is 5.56 Å². The monoisotopic (exact) mass is 300 g/mol. The Labute approximate surface area is 106 Å². The number of benzene rings is 1. The number of non-ortho nitro benzene ring substituents is 1. The summed E-state index contributed by atoms with van der Waals surface area (Å²) in [5, 5.41) is 12.4. The molecular weight excluding hydrogens is 292 g/mol. The van der Waals surface area contributed by atoms with Crippen molar-refractivity contribution in [2.45, 2.75) is 0 Å². The molecule has 1 rings (SSSR count). The molecule has 0 aromatic heterocycles. The van der Waals surface area contributed by atoms with Crippen LogP contribution >= 0.6 is 27.7 Å². The van der Waals surface area contributed by atoms with E-state index in [1.54, 1.807) is 17.5 Å². The summed E-state index contributed by atoms with van der Waals surface area (Å²) in [6, 6.07) is 6.32. The first kappa shape index (κ1) is 12.9. The minimum absolute atomic E-state index is 0.0518. The number of thioether (sulfide) groups is 1. The normalized spacial score (nSPS) is 11.2. The fourth-order valence-corrected chi connectivity index (χ4v) is 1.91. The first-order chi connectivity index (χ1) is 7.69. The molecule has 0 atom stereocenters. The maximum atomic E-state index is 10.6. The predicted octanol–water partition coefficient (Wildman–Crippen LogP) is 3.68. The van der Waals surface area contributed by atoms with Gasteiger partial charge >= 0.3 is 0 Å². The molecule has 0 spiro atoms. The summed E-state index contributed by atoms with van der Waals surface area (Å²) >= 11 is 4.77. The number of nitro groups is 1. The van der Waals surface area contributed by atoms with E-state index in [4.69, 9.17) is 0 Å². The van der Waals surface area contributed by atoms with Crippen LogP contribution in [0.2, 0.25) is 0 Å². The minimum atomic E-state index is -0.429. The van der Waals surface area contributed by atoms with Crippen LogP contribution in [0.4, 0.5) is 5.69 Å². The van der Waals surface area contributed by atoms with Gasteiger partial charge in [0.2, 0.25) is 0 Å². The summed E-state index contributed by atoms with van der Waals surface area (Å²) in [6.45, 7) is 3.45. The van der Waals surface area contributed by atoms with Gasteiger partial charge in [0.15, 0.2) is 0 Å². The molecule has 0 aliphatic carbocycles. The largest absolute Gasteiger partial charge is 0.270 e. The maximum Gasteiger partial charge on any atom is 0.270 e. The van der Waals surface area contributed by atoms with E-state index in [0.29, 0.717) is 11.3 Å². The molecule has 84 valence electrons. The third kappa shape index (κ3) is 3.46. The molecule has 0 aliphatic heterocycles. The lowest BCUT2D eigenvalue weighted by atomic mass is 10.1. The third-order valence-electron chi connectivity index (χ3n) is 1.78. The highest BCUT2D eigenvalue weighted by Gasteiger charge is 2.07. The fraction of sp³-hybridized carbons (Fsp3) is 0.100. The van der Waals surface area contributed by atoms with Crippen molar-refractivity contribution in [3.05, 3.63) is 45.4 Å². The van der Waals surface area contributed by atoms with Crippen molar-refractivity contribution in [1.29, 1.82) is 0 Å². The second kappa shape index (κ2) is 6.44. The molecule has 6 heteroatoms. The highest BCUT2D eigenvalue weighted by Crippen LogP contribution is 2.23. The zero-order chi connectivity index (χ0) is 12.0. The van der Waals surface area contributed by atoms with Gasteiger partial charge in [-0.2, -0.15) is 0 Å². The van der Waals surface area contributed by atoms with Crippen molar-refractivity contribution in [3.8, 4) is 0 Å². The van der Waals surface area contributed by atoms with Crippen LogP contribution in [0.3, 0.4) is 0 Å². The maximum absolute atomic E-state index is 10.6. The van der Waals surface area contributed by atoms with Crippen LogP contribution in [0.25, 0.3) is 5.70 Å². The van der Waals surface area contributed by atoms with Gasteiger partial charge in [-0.15, -0.1) is 11.8 Å². The van der Waals surface area contributed by atoms with Crippen LogP contribution in [0.15, 0.2) is 34.7 Å². The van der Waals surface area contributed by atoms with E-state index < -0.39 is 4.92 Å². The van der Waals surface area contributed by atoms with Crippen LogP contribution in [0, 0.1) is 10.1 Å². The van der Waals surface area contributed by atoms with E-state index in [1.165, 1.54) is 23.9 Å². The molecular formula is C10H9BrN2O2S. The fourth-order valence-electron chi connectivity index (χ4n) is 1.09. The molecule has 16 heavy (non-hydrogen) atoms. The average Bonchev–Trinajstić information content (AvgIpc) is 2.30. The van der Waals surface area contributed by atoms with E-state index in [2.05, 4.69) is 27.6 Å². The summed E-state index contributed by atoms with van der Waals surface area (Å²) in [6.07, 6.45) is 0. The average molecular weight is 301 g/mol. The van der Waals surface area contributed by atoms with Gasteiger partial charge in [-0.1, -0.05) is 28.1 Å². The number of hydrogen-bond donors (Lipinski definition) is 0. The topological polar surface area (TPSA) is 55.5 Å². The molecule has 0 unspecified atom stereocenters. The molecule has 0 N–H and O–H groups in total. The third-order valence-corrected chi connectivity index (χ3v) is 3.09. The number of nitro benzene ring substituents is 1. The van der Waals surface area contributed by atoms with Gasteiger partial charge in [-0.25, -0.2) is 0 Å². The smallest absolute Gasteiger partial charge is 0.263 e. The Kier molecular flexibility index (Phi) is 5.21. The molecule has 0 aliphatic rings. The minimum Gasteiger partial charge on any atom is -0.263 e. The van der Waals surface area contributed by atoms with Gasteiger partial charge in [0.25, 0.3) is 5.69 Å². The van der Waals surface area contributed by atoms with Crippen molar-refractivity contribution >= 4 is 45.8 Å². The zero-order valence-corrected chi connectivity index (χ0v) is 10.7. The van der Waals surface area contributed by atoms with Gasteiger partial charge in [-0.05, 0) is 12.1 Å². The number of rotatable bonds is 5. The SMILES string of the molecule is C=N/C(=C\SCBr)c1cccc([N+](=O)[O-])c1. The Morgan fingerprint density at radius 2 is 2.44 bits per heavy atom. The summed E-state index contributed by atoms with van der Waals surface area (Å²) in [5.74, 6) is 0. The van der Waals surface area contributed by atoms with E-state index >= 15 is 0 Å². The molecule has 0 radical (unpaired) electrons. The number of nitrogens with zero attached hydrogens (tertiary/aromatic N) is 2. The summed E-state index contributed by atoms with van der Waals surface area (Å²) in [5.41, 5.74) is 1.38. The van der Waals surface area contributed by atoms with Gasteiger partial charge in [0.05, 0.1) is 15.3 Å². The number of hydrogen-bond acceptors (Lipinski definition) is 4. The van der Waals surface area contributed by atoms with E-state index in [-0.39, 0.29) is 5.69 Å². The van der Waals surface area contributed by atoms with Crippen molar-refractivity contribution in [2.24, 2.45) is 4.99 Å². The van der Waals surface area contributed by atoms with E-state index in [1.807, 2.05) is 0 Å². The van der Waals surface area contributed by atoms with Gasteiger partial charge in [-0.3, -0.25) is 15.1 Å². The first-order valence-electron chi connectivity index (χ1n) is 4.28. The molecule has 0 heterocycles.